The molecule has 0 amide bonds. The molecule has 0 unspecified atom stereocenters. The monoisotopic (exact) mass is 282 g/mol. The molecule has 0 spiro atoms. The van der Waals surface area contributed by atoms with Gasteiger partial charge in [-0.15, -0.1) is 0 Å². The molecule has 2 N–H and O–H groups in total. The van der Waals surface area contributed by atoms with Crippen LogP contribution >= 0.6 is 15.9 Å². The first kappa shape index (κ1) is 11.3. The fourth-order valence-corrected chi connectivity index (χ4v) is 2.28. The Morgan fingerprint density at radius 3 is 2.56 bits per heavy atom. The van der Waals surface area contributed by atoms with E-state index in [-0.39, 0.29) is 5.82 Å². The number of nitrogens with zero attached hydrogens (tertiary/aromatic N) is 1. The highest BCUT2D eigenvalue weighted by Gasteiger charge is 2.14. The molecule has 1 heterocycles. The number of rotatable bonds is 0. The normalized spacial score (nSPS) is 11.1. The van der Waals surface area contributed by atoms with Gasteiger partial charge in [0.2, 0.25) is 0 Å². The first-order valence-corrected chi connectivity index (χ1v) is 5.73. The number of nitrogens with two attached hydrogens (primary N) is 1. The Balaban J connectivity index is 3.07. The van der Waals surface area contributed by atoms with Crippen molar-refractivity contribution in [3.63, 3.8) is 0 Å². The Morgan fingerprint density at radius 2 is 1.94 bits per heavy atom. The summed E-state index contributed by atoms with van der Waals surface area (Å²) in [5.41, 5.74) is 9.95. The molecule has 0 aliphatic heterocycles. The predicted octanol–water partition coefficient (Wildman–Crippen LogP) is 3.64. The highest BCUT2D eigenvalue weighted by molar-refractivity contribution is 9.10. The van der Waals surface area contributed by atoms with E-state index in [0.717, 1.165) is 22.3 Å². The summed E-state index contributed by atoms with van der Waals surface area (Å²) in [5.74, 6) is -0.304. The van der Waals surface area contributed by atoms with Gasteiger partial charge in [-0.3, -0.25) is 4.98 Å². The van der Waals surface area contributed by atoms with Crippen molar-refractivity contribution in [2.75, 3.05) is 5.73 Å². The van der Waals surface area contributed by atoms with Gasteiger partial charge in [0, 0.05) is 16.8 Å². The summed E-state index contributed by atoms with van der Waals surface area (Å²) in [5, 5.41) is 0.667. The number of hydrogen-bond donors (Lipinski definition) is 1. The Labute approximate surface area is 102 Å². The minimum atomic E-state index is -0.304. The molecule has 84 valence electrons. The third-order valence-electron chi connectivity index (χ3n) is 2.88. The zero-order chi connectivity index (χ0) is 12.0. The van der Waals surface area contributed by atoms with Crippen LogP contribution in [0.25, 0.3) is 10.9 Å². The maximum atomic E-state index is 13.6. The highest BCUT2D eigenvalue weighted by atomic mass is 79.9. The maximum absolute atomic E-state index is 13.6. The number of hydrogen-bond acceptors (Lipinski definition) is 2. The molecule has 0 radical (unpaired) electrons. The number of halogens is 2. The van der Waals surface area contributed by atoms with Gasteiger partial charge in [-0.05, 0) is 53.9 Å². The molecule has 2 rings (SSSR count). The fraction of sp³-hybridized carbons (Fsp3) is 0.250. The fourth-order valence-electron chi connectivity index (χ4n) is 1.77. The Kier molecular flexibility index (Phi) is 2.62. The number of fused-ring (bicyclic) bond motifs is 1. The summed E-state index contributed by atoms with van der Waals surface area (Å²) < 4.78 is 14.0. The SMILES string of the molecule is Cc1nc2c(C)cc(F)c(Br)c2c(N)c1C. The van der Waals surface area contributed by atoms with Crippen LogP contribution in [0.1, 0.15) is 16.8 Å². The third-order valence-corrected chi connectivity index (χ3v) is 3.65. The van der Waals surface area contributed by atoms with Crippen molar-refractivity contribution >= 4 is 32.5 Å². The molecule has 0 saturated heterocycles. The molecular formula is C12H12BrFN2. The molecule has 0 aliphatic rings. The van der Waals surface area contributed by atoms with Crippen LogP contribution in [0.3, 0.4) is 0 Å². The molecule has 0 saturated carbocycles. The van der Waals surface area contributed by atoms with E-state index in [9.17, 15) is 4.39 Å². The minimum Gasteiger partial charge on any atom is -0.398 e. The van der Waals surface area contributed by atoms with Crippen LogP contribution in [-0.2, 0) is 0 Å². The quantitative estimate of drug-likeness (QED) is 0.801. The van der Waals surface area contributed by atoms with Gasteiger partial charge in [0.1, 0.15) is 5.82 Å². The van der Waals surface area contributed by atoms with Crippen molar-refractivity contribution in [1.29, 1.82) is 0 Å². The number of nitrogen functional groups attached to an aromatic ring is 1. The zero-order valence-corrected chi connectivity index (χ0v) is 10.9. The van der Waals surface area contributed by atoms with E-state index in [1.54, 1.807) is 0 Å². The maximum Gasteiger partial charge on any atom is 0.138 e. The summed E-state index contributed by atoms with van der Waals surface area (Å²) in [6.45, 7) is 5.63. The molecule has 1 aromatic carbocycles. The van der Waals surface area contributed by atoms with Crippen molar-refractivity contribution < 1.29 is 4.39 Å². The average molecular weight is 283 g/mol. The van der Waals surface area contributed by atoms with Gasteiger partial charge >= 0.3 is 0 Å². The summed E-state index contributed by atoms with van der Waals surface area (Å²) in [6, 6.07) is 1.47. The standard InChI is InChI=1S/C12H12BrFN2/c1-5-4-8(14)10(13)9-11(15)6(2)7(3)16-12(5)9/h4H,1-3H3,(H2,15,16). The van der Waals surface area contributed by atoms with E-state index in [0.29, 0.717) is 15.5 Å². The Hall–Kier alpha value is -1.16. The third kappa shape index (κ3) is 1.48. The summed E-state index contributed by atoms with van der Waals surface area (Å²) in [4.78, 5) is 4.46. The summed E-state index contributed by atoms with van der Waals surface area (Å²) in [7, 11) is 0. The van der Waals surface area contributed by atoms with E-state index in [2.05, 4.69) is 20.9 Å². The summed E-state index contributed by atoms with van der Waals surface area (Å²) in [6.07, 6.45) is 0. The minimum absolute atomic E-state index is 0.304. The number of anilines is 1. The van der Waals surface area contributed by atoms with Gasteiger partial charge in [-0.25, -0.2) is 4.39 Å². The van der Waals surface area contributed by atoms with E-state index in [1.807, 2.05) is 20.8 Å². The summed E-state index contributed by atoms with van der Waals surface area (Å²) >= 11 is 3.23. The van der Waals surface area contributed by atoms with Crippen molar-refractivity contribution in [1.82, 2.24) is 4.98 Å². The second kappa shape index (κ2) is 3.70. The van der Waals surface area contributed by atoms with Crippen LogP contribution in [0.2, 0.25) is 0 Å². The van der Waals surface area contributed by atoms with Crippen molar-refractivity contribution in [2.24, 2.45) is 0 Å². The molecule has 0 atom stereocenters. The Bertz CT molecular complexity index is 594. The van der Waals surface area contributed by atoms with Gasteiger partial charge in [-0.2, -0.15) is 0 Å². The molecule has 1 aromatic heterocycles. The topological polar surface area (TPSA) is 38.9 Å². The van der Waals surface area contributed by atoms with E-state index in [4.69, 9.17) is 5.73 Å². The number of benzene rings is 1. The molecular weight excluding hydrogens is 271 g/mol. The van der Waals surface area contributed by atoms with Crippen molar-refractivity contribution in [2.45, 2.75) is 20.8 Å². The molecule has 0 bridgehead atoms. The molecule has 2 aromatic rings. The van der Waals surface area contributed by atoms with Gasteiger partial charge in [0.05, 0.1) is 9.99 Å². The number of pyridine rings is 1. The van der Waals surface area contributed by atoms with Gasteiger partial charge in [0.15, 0.2) is 0 Å². The molecule has 16 heavy (non-hydrogen) atoms. The first-order valence-electron chi connectivity index (χ1n) is 4.94. The zero-order valence-electron chi connectivity index (χ0n) is 9.36. The van der Waals surface area contributed by atoms with Crippen LogP contribution in [0.5, 0.6) is 0 Å². The lowest BCUT2D eigenvalue weighted by molar-refractivity contribution is 0.622. The van der Waals surface area contributed by atoms with Gasteiger partial charge in [0.25, 0.3) is 0 Å². The smallest absolute Gasteiger partial charge is 0.138 e. The highest BCUT2D eigenvalue weighted by Crippen LogP contribution is 2.34. The van der Waals surface area contributed by atoms with Crippen LogP contribution in [-0.4, -0.2) is 4.98 Å². The lowest BCUT2D eigenvalue weighted by atomic mass is 10.0. The lowest BCUT2D eigenvalue weighted by Crippen LogP contribution is -2.00. The lowest BCUT2D eigenvalue weighted by Gasteiger charge is -2.12. The van der Waals surface area contributed by atoms with E-state index < -0.39 is 0 Å². The number of aromatic nitrogens is 1. The molecule has 4 heteroatoms. The average Bonchev–Trinajstić information content (AvgIpc) is 2.22. The van der Waals surface area contributed by atoms with Crippen LogP contribution in [0, 0.1) is 26.6 Å². The van der Waals surface area contributed by atoms with Gasteiger partial charge in [-0.1, -0.05) is 0 Å². The molecule has 0 aliphatic carbocycles. The Morgan fingerprint density at radius 1 is 1.31 bits per heavy atom. The van der Waals surface area contributed by atoms with Crippen molar-refractivity contribution in [3.8, 4) is 0 Å². The largest absolute Gasteiger partial charge is 0.398 e. The number of aryl methyl sites for hydroxylation is 2. The first-order chi connectivity index (χ1) is 7.43. The molecule has 0 fully saturated rings. The van der Waals surface area contributed by atoms with E-state index in [1.165, 1.54) is 6.07 Å². The van der Waals surface area contributed by atoms with Crippen LogP contribution in [0.4, 0.5) is 10.1 Å². The van der Waals surface area contributed by atoms with Gasteiger partial charge < -0.3 is 5.73 Å². The second-order valence-electron chi connectivity index (χ2n) is 3.95. The second-order valence-corrected chi connectivity index (χ2v) is 4.74. The van der Waals surface area contributed by atoms with Crippen LogP contribution < -0.4 is 5.73 Å². The van der Waals surface area contributed by atoms with Crippen LogP contribution in [0.15, 0.2) is 10.5 Å². The molecule has 2 nitrogen and oxygen atoms in total. The predicted molar refractivity (Wildman–Crippen MR) is 68.0 cm³/mol. The van der Waals surface area contributed by atoms with E-state index >= 15 is 0 Å². The van der Waals surface area contributed by atoms with Crippen molar-refractivity contribution in [3.05, 3.63) is 33.2 Å².